The van der Waals surface area contributed by atoms with Crippen molar-refractivity contribution in [2.24, 2.45) is 5.10 Å². The molecule has 0 unspecified atom stereocenters. The molecule has 2 rings (SSSR count). The first-order valence-electron chi connectivity index (χ1n) is 6.46. The SMILES string of the molecule is C#CCSc1nc(NN=Cc2ccccc2Cl)cc(C(F)(F)F)n1. The Morgan fingerprint density at radius 2 is 2.08 bits per heavy atom. The van der Waals surface area contributed by atoms with Crippen molar-refractivity contribution < 1.29 is 13.2 Å². The minimum Gasteiger partial charge on any atom is -0.261 e. The fraction of sp³-hybridized carbons (Fsp3) is 0.133. The number of hydrogen-bond donors (Lipinski definition) is 1. The van der Waals surface area contributed by atoms with Crippen LogP contribution in [0.25, 0.3) is 0 Å². The molecule has 1 heterocycles. The maximum atomic E-state index is 12.9. The number of thioether (sulfide) groups is 1. The quantitative estimate of drug-likeness (QED) is 0.280. The molecular formula is C15H10ClF3N4S. The second-order valence-corrected chi connectivity index (χ2v) is 5.65. The summed E-state index contributed by atoms with van der Waals surface area (Å²) in [6.07, 6.45) is 1.88. The van der Waals surface area contributed by atoms with Crippen molar-refractivity contribution in [2.45, 2.75) is 11.3 Å². The summed E-state index contributed by atoms with van der Waals surface area (Å²) in [6, 6.07) is 7.66. The Morgan fingerprint density at radius 1 is 1.33 bits per heavy atom. The number of halogens is 4. The smallest absolute Gasteiger partial charge is 0.261 e. The third kappa shape index (κ3) is 5.15. The van der Waals surface area contributed by atoms with Crippen molar-refractivity contribution in [1.82, 2.24) is 9.97 Å². The molecule has 0 aliphatic rings. The minimum absolute atomic E-state index is 0.0850. The summed E-state index contributed by atoms with van der Waals surface area (Å²) in [6.45, 7) is 0. The Hall–Kier alpha value is -2.24. The van der Waals surface area contributed by atoms with Crippen LogP contribution in [0.15, 0.2) is 40.6 Å². The predicted molar refractivity (Wildman–Crippen MR) is 89.3 cm³/mol. The van der Waals surface area contributed by atoms with Gasteiger partial charge in [-0.3, -0.25) is 5.43 Å². The summed E-state index contributed by atoms with van der Waals surface area (Å²) in [7, 11) is 0. The van der Waals surface area contributed by atoms with Gasteiger partial charge in [0.2, 0.25) is 0 Å². The molecule has 0 aliphatic heterocycles. The van der Waals surface area contributed by atoms with Gasteiger partial charge in [0, 0.05) is 16.7 Å². The monoisotopic (exact) mass is 370 g/mol. The number of terminal acetylenes is 1. The molecule has 24 heavy (non-hydrogen) atoms. The van der Waals surface area contributed by atoms with Crippen molar-refractivity contribution in [3.05, 3.63) is 46.6 Å². The van der Waals surface area contributed by atoms with Crippen LogP contribution in [-0.4, -0.2) is 21.9 Å². The molecule has 4 nitrogen and oxygen atoms in total. The predicted octanol–water partition coefficient (Wildman–Crippen LogP) is 4.32. The van der Waals surface area contributed by atoms with Crippen LogP contribution in [-0.2, 0) is 6.18 Å². The molecule has 0 bridgehead atoms. The van der Waals surface area contributed by atoms with Gasteiger partial charge in [0.25, 0.3) is 0 Å². The lowest BCUT2D eigenvalue weighted by atomic mass is 10.2. The average Bonchev–Trinajstić information content (AvgIpc) is 2.54. The van der Waals surface area contributed by atoms with Gasteiger partial charge in [-0.1, -0.05) is 47.5 Å². The zero-order valence-corrected chi connectivity index (χ0v) is 13.6. The summed E-state index contributed by atoms with van der Waals surface area (Å²) >= 11 is 6.88. The molecule has 0 spiro atoms. The Morgan fingerprint density at radius 3 is 2.75 bits per heavy atom. The highest BCUT2D eigenvalue weighted by atomic mass is 35.5. The van der Waals surface area contributed by atoms with E-state index in [1.807, 2.05) is 0 Å². The first-order chi connectivity index (χ1) is 11.4. The van der Waals surface area contributed by atoms with E-state index in [2.05, 4.69) is 26.4 Å². The van der Waals surface area contributed by atoms with Crippen molar-refractivity contribution in [3.8, 4) is 12.3 Å². The molecule has 0 amide bonds. The molecule has 0 atom stereocenters. The van der Waals surface area contributed by atoms with Crippen LogP contribution in [0, 0.1) is 12.3 Å². The number of nitrogens with one attached hydrogen (secondary N) is 1. The molecular weight excluding hydrogens is 361 g/mol. The summed E-state index contributed by atoms with van der Waals surface area (Å²) in [5, 5.41) is 4.23. The molecule has 124 valence electrons. The minimum atomic E-state index is -4.60. The van der Waals surface area contributed by atoms with Gasteiger partial charge < -0.3 is 0 Å². The lowest BCUT2D eigenvalue weighted by molar-refractivity contribution is -0.141. The number of anilines is 1. The van der Waals surface area contributed by atoms with Crippen molar-refractivity contribution in [3.63, 3.8) is 0 Å². The number of hydrazone groups is 1. The number of nitrogens with zero attached hydrogens (tertiary/aromatic N) is 3. The van der Waals surface area contributed by atoms with E-state index in [1.54, 1.807) is 24.3 Å². The highest BCUT2D eigenvalue weighted by Crippen LogP contribution is 2.30. The van der Waals surface area contributed by atoms with Crippen molar-refractivity contribution >= 4 is 35.4 Å². The molecule has 0 aliphatic carbocycles. The van der Waals surface area contributed by atoms with Gasteiger partial charge in [-0.15, -0.1) is 6.42 Å². The fourth-order valence-electron chi connectivity index (χ4n) is 1.55. The van der Waals surface area contributed by atoms with Crippen LogP contribution in [0.3, 0.4) is 0 Å². The number of hydrogen-bond acceptors (Lipinski definition) is 5. The molecule has 0 fully saturated rings. The van der Waals surface area contributed by atoms with Crippen LogP contribution in [0.2, 0.25) is 5.02 Å². The molecule has 0 saturated heterocycles. The molecule has 0 saturated carbocycles. The van der Waals surface area contributed by atoms with Gasteiger partial charge in [-0.2, -0.15) is 18.3 Å². The van der Waals surface area contributed by atoms with Gasteiger partial charge in [-0.25, -0.2) is 9.97 Å². The average molecular weight is 371 g/mol. The van der Waals surface area contributed by atoms with Crippen LogP contribution < -0.4 is 5.43 Å². The third-order valence-corrected chi connectivity index (χ3v) is 3.66. The second-order valence-electron chi connectivity index (χ2n) is 4.30. The van der Waals surface area contributed by atoms with E-state index < -0.39 is 11.9 Å². The van der Waals surface area contributed by atoms with E-state index in [-0.39, 0.29) is 16.7 Å². The topological polar surface area (TPSA) is 50.2 Å². The summed E-state index contributed by atoms with van der Waals surface area (Å²) in [4.78, 5) is 7.38. The van der Waals surface area contributed by atoms with Crippen molar-refractivity contribution in [1.29, 1.82) is 0 Å². The van der Waals surface area contributed by atoms with E-state index >= 15 is 0 Å². The summed E-state index contributed by atoms with van der Waals surface area (Å²) < 4.78 is 38.7. The number of benzene rings is 1. The Kier molecular flexibility index (Phi) is 6.06. The van der Waals surface area contributed by atoms with Gasteiger partial charge in [-0.05, 0) is 6.07 Å². The van der Waals surface area contributed by atoms with Crippen LogP contribution >= 0.6 is 23.4 Å². The third-order valence-electron chi connectivity index (χ3n) is 2.57. The van der Waals surface area contributed by atoms with E-state index in [1.165, 1.54) is 6.21 Å². The maximum absolute atomic E-state index is 12.9. The molecule has 1 aromatic heterocycles. The zero-order chi connectivity index (χ0) is 17.6. The second kappa shape index (κ2) is 8.04. The fourth-order valence-corrected chi connectivity index (χ4v) is 2.27. The van der Waals surface area contributed by atoms with Gasteiger partial charge >= 0.3 is 6.18 Å². The first-order valence-corrected chi connectivity index (χ1v) is 7.82. The van der Waals surface area contributed by atoms with E-state index in [0.717, 1.165) is 17.8 Å². The van der Waals surface area contributed by atoms with Crippen LogP contribution in [0.4, 0.5) is 19.0 Å². The van der Waals surface area contributed by atoms with Gasteiger partial charge in [0.1, 0.15) is 0 Å². The lowest BCUT2D eigenvalue weighted by Crippen LogP contribution is -2.10. The van der Waals surface area contributed by atoms with Crippen LogP contribution in [0.1, 0.15) is 11.3 Å². The zero-order valence-electron chi connectivity index (χ0n) is 12.0. The van der Waals surface area contributed by atoms with E-state index in [0.29, 0.717) is 10.6 Å². The molecule has 1 aromatic carbocycles. The molecule has 1 N–H and O–H groups in total. The summed E-state index contributed by atoms with van der Waals surface area (Å²) in [5.41, 5.74) is 1.98. The summed E-state index contributed by atoms with van der Waals surface area (Å²) in [5.74, 6) is 2.36. The van der Waals surface area contributed by atoms with Gasteiger partial charge in [0.05, 0.1) is 12.0 Å². The van der Waals surface area contributed by atoms with Crippen LogP contribution in [0.5, 0.6) is 0 Å². The van der Waals surface area contributed by atoms with Crippen molar-refractivity contribution in [2.75, 3.05) is 11.2 Å². The first kappa shape index (κ1) is 18.1. The highest BCUT2D eigenvalue weighted by molar-refractivity contribution is 7.99. The number of rotatable bonds is 5. The Bertz CT molecular complexity index is 787. The molecule has 9 heteroatoms. The Balaban J connectivity index is 2.22. The largest absolute Gasteiger partial charge is 0.433 e. The number of aromatic nitrogens is 2. The normalized spacial score (nSPS) is 11.5. The van der Waals surface area contributed by atoms with E-state index in [9.17, 15) is 13.2 Å². The Labute approximate surface area is 145 Å². The number of alkyl halides is 3. The van der Waals surface area contributed by atoms with E-state index in [4.69, 9.17) is 18.0 Å². The highest BCUT2D eigenvalue weighted by Gasteiger charge is 2.33. The standard InChI is InChI=1S/C15H10ClF3N4S/c1-2-7-24-14-21-12(15(17,18)19)8-13(22-14)23-20-9-10-5-3-4-6-11(10)16/h1,3-6,8-9H,7H2,(H,21,22,23). The molecule has 2 aromatic rings. The van der Waals surface area contributed by atoms with Gasteiger partial charge in [0.15, 0.2) is 16.7 Å². The lowest BCUT2D eigenvalue weighted by Gasteiger charge is -2.09. The molecule has 0 radical (unpaired) electrons. The maximum Gasteiger partial charge on any atom is 0.433 e.